The molecule has 0 saturated carbocycles. The summed E-state index contributed by atoms with van der Waals surface area (Å²) in [6, 6.07) is 0.0392. The van der Waals surface area contributed by atoms with Crippen LogP contribution in [0.5, 0.6) is 0 Å². The number of nitrogens with zero attached hydrogens (tertiary/aromatic N) is 1. The van der Waals surface area contributed by atoms with Crippen LogP contribution in [0, 0.1) is 5.92 Å². The molecule has 2 aliphatic rings. The zero-order valence-electron chi connectivity index (χ0n) is 11.3. The Morgan fingerprint density at radius 3 is 2.50 bits per heavy atom. The molecule has 1 aliphatic carbocycles. The van der Waals surface area contributed by atoms with Gasteiger partial charge in [-0.3, -0.25) is 4.79 Å². The van der Waals surface area contributed by atoms with E-state index in [0.717, 1.165) is 25.7 Å². The number of β-lactam (4-membered cyclic amide) rings is 1. The monoisotopic (exact) mass is 251 g/mol. The number of rotatable bonds is 0. The smallest absolute Gasteiger partial charge is 0.417 e. The molecule has 0 aromatic carbocycles. The largest absolute Gasteiger partial charge is 0.443 e. The van der Waals surface area contributed by atoms with E-state index < -0.39 is 11.7 Å². The number of allylic oxidation sites excluding steroid dienone is 2. The van der Waals surface area contributed by atoms with Crippen molar-refractivity contribution < 1.29 is 14.3 Å². The van der Waals surface area contributed by atoms with E-state index in [1.165, 1.54) is 4.90 Å². The first kappa shape index (κ1) is 13.1. The van der Waals surface area contributed by atoms with Gasteiger partial charge in [0.05, 0.1) is 12.0 Å². The lowest BCUT2D eigenvalue weighted by Gasteiger charge is -2.46. The van der Waals surface area contributed by atoms with Gasteiger partial charge in [0.25, 0.3) is 0 Å². The zero-order chi connectivity index (χ0) is 13.3. The van der Waals surface area contributed by atoms with Gasteiger partial charge in [-0.05, 0) is 46.5 Å². The van der Waals surface area contributed by atoms with Crippen LogP contribution in [-0.4, -0.2) is 28.5 Å². The summed E-state index contributed by atoms with van der Waals surface area (Å²) in [4.78, 5) is 25.3. The number of carbonyl (C=O) groups is 2. The summed E-state index contributed by atoms with van der Waals surface area (Å²) in [7, 11) is 0. The molecule has 1 saturated heterocycles. The van der Waals surface area contributed by atoms with E-state index in [-0.39, 0.29) is 17.9 Å². The van der Waals surface area contributed by atoms with E-state index in [4.69, 9.17) is 4.74 Å². The number of hydrogen-bond acceptors (Lipinski definition) is 3. The molecule has 1 fully saturated rings. The summed E-state index contributed by atoms with van der Waals surface area (Å²) in [5.41, 5.74) is -0.552. The normalized spacial score (nSPS) is 27.9. The van der Waals surface area contributed by atoms with Crippen molar-refractivity contribution in [3.8, 4) is 0 Å². The Balaban J connectivity index is 2.04. The zero-order valence-corrected chi connectivity index (χ0v) is 11.3. The van der Waals surface area contributed by atoms with Crippen LogP contribution in [0.2, 0.25) is 0 Å². The lowest BCUT2D eigenvalue weighted by Crippen LogP contribution is -2.63. The molecule has 4 nitrogen and oxygen atoms in total. The number of likely N-dealkylation sites (tertiary alicyclic amines) is 1. The molecular formula is C14H21NO3. The lowest BCUT2D eigenvalue weighted by atomic mass is 9.80. The molecule has 0 aromatic rings. The van der Waals surface area contributed by atoms with Crippen molar-refractivity contribution >= 4 is 12.0 Å². The number of imide groups is 1. The Kier molecular flexibility index (Phi) is 3.46. The van der Waals surface area contributed by atoms with Gasteiger partial charge in [-0.2, -0.15) is 0 Å². The number of fused-ring (bicyclic) bond motifs is 1. The third-order valence-electron chi connectivity index (χ3n) is 3.38. The highest BCUT2D eigenvalue weighted by molar-refractivity contribution is 5.99. The van der Waals surface area contributed by atoms with Gasteiger partial charge in [0, 0.05) is 0 Å². The number of ether oxygens (including phenoxy) is 1. The fourth-order valence-corrected chi connectivity index (χ4v) is 2.57. The Bertz CT molecular complexity index is 381. The Morgan fingerprint density at radius 1 is 1.28 bits per heavy atom. The summed E-state index contributed by atoms with van der Waals surface area (Å²) >= 11 is 0. The predicted octanol–water partition coefficient (Wildman–Crippen LogP) is 2.88. The number of carbonyl (C=O) groups excluding carboxylic acids is 2. The van der Waals surface area contributed by atoms with Gasteiger partial charge < -0.3 is 4.74 Å². The minimum atomic E-state index is -0.552. The van der Waals surface area contributed by atoms with E-state index in [1.807, 2.05) is 20.8 Å². The molecule has 4 heteroatoms. The Labute approximate surface area is 108 Å². The minimum Gasteiger partial charge on any atom is -0.443 e. The molecule has 2 rings (SSSR count). The van der Waals surface area contributed by atoms with Crippen molar-refractivity contribution in [1.29, 1.82) is 0 Å². The van der Waals surface area contributed by atoms with Crippen LogP contribution >= 0.6 is 0 Å². The van der Waals surface area contributed by atoms with Gasteiger partial charge in [0.15, 0.2) is 0 Å². The lowest BCUT2D eigenvalue weighted by molar-refractivity contribution is -0.154. The molecule has 100 valence electrons. The molecule has 2 atom stereocenters. The van der Waals surface area contributed by atoms with E-state index in [2.05, 4.69) is 12.2 Å². The van der Waals surface area contributed by atoms with Crippen LogP contribution in [-0.2, 0) is 9.53 Å². The second-order valence-corrected chi connectivity index (χ2v) is 5.99. The molecule has 0 radical (unpaired) electrons. The van der Waals surface area contributed by atoms with Crippen LogP contribution in [0.25, 0.3) is 0 Å². The predicted molar refractivity (Wildman–Crippen MR) is 68.0 cm³/mol. The molecule has 18 heavy (non-hydrogen) atoms. The Morgan fingerprint density at radius 2 is 1.89 bits per heavy atom. The third kappa shape index (κ3) is 2.57. The average molecular weight is 251 g/mol. The first-order chi connectivity index (χ1) is 8.40. The van der Waals surface area contributed by atoms with Crippen molar-refractivity contribution in [2.24, 2.45) is 5.92 Å². The van der Waals surface area contributed by atoms with Crippen molar-refractivity contribution in [2.75, 3.05) is 0 Å². The van der Waals surface area contributed by atoms with Crippen LogP contribution in [0.1, 0.15) is 46.5 Å². The summed E-state index contributed by atoms with van der Waals surface area (Å²) in [5, 5.41) is 0. The molecule has 0 spiro atoms. The Hall–Kier alpha value is -1.32. The second kappa shape index (κ2) is 4.75. The first-order valence-corrected chi connectivity index (χ1v) is 6.61. The number of hydrogen-bond donors (Lipinski definition) is 0. The molecule has 0 aromatic heterocycles. The maximum Gasteiger partial charge on any atom is 0.417 e. The molecule has 0 bridgehead atoms. The molecule has 2 unspecified atom stereocenters. The van der Waals surface area contributed by atoms with Gasteiger partial charge in [-0.15, -0.1) is 0 Å². The second-order valence-electron chi connectivity index (χ2n) is 5.99. The van der Waals surface area contributed by atoms with Gasteiger partial charge in [0.2, 0.25) is 5.91 Å². The van der Waals surface area contributed by atoms with E-state index in [9.17, 15) is 9.59 Å². The summed E-state index contributed by atoms with van der Waals surface area (Å²) in [6.45, 7) is 5.44. The van der Waals surface area contributed by atoms with E-state index in [1.54, 1.807) is 0 Å². The van der Waals surface area contributed by atoms with Crippen LogP contribution in [0.4, 0.5) is 4.79 Å². The molecule has 1 heterocycles. The fraction of sp³-hybridized carbons (Fsp3) is 0.714. The van der Waals surface area contributed by atoms with Crippen molar-refractivity contribution in [3.63, 3.8) is 0 Å². The summed E-state index contributed by atoms with van der Waals surface area (Å²) in [6.07, 6.45) is 7.32. The van der Waals surface area contributed by atoms with E-state index >= 15 is 0 Å². The fourth-order valence-electron chi connectivity index (χ4n) is 2.57. The van der Waals surface area contributed by atoms with Gasteiger partial charge in [-0.25, -0.2) is 9.69 Å². The standard InChI is InChI=1S/C14H21NO3/c1-14(2,3)18-13(17)15-11-9-7-5-4-6-8-10(11)12(15)16/h4-5,10-11H,6-9H2,1-3H3. The van der Waals surface area contributed by atoms with E-state index in [0.29, 0.717) is 0 Å². The topological polar surface area (TPSA) is 46.6 Å². The molecule has 0 N–H and O–H groups in total. The average Bonchev–Trinajstić information content (AvgIpc) is 2.19. The van der Waals surface area contributed by atoms with Crippen LogP contribution in [0.15, 0.2) is 12.2 Å². The summed E-state index contributed by atoms with van der Waals surface area (Å²) < 4.78 is 5.28. The SMILES string of the molecule is CC(C)(C)OC(=O)N1C(=O)C2CCC=CCCC21. The minimum absolute atomic E-state index is 0.0162. The highest BCUT2D eigenvalue weighted by Gasteiger charge is 2.50. The highest BCUT2D eigenvalue weighted by Crippen LogP contribution is 2.36. The number of amides is 2. The van der Waals surface area contributed by atoms with Gasteiger partial charge in [-0.1, -0.05) is 12.2 Å². The van der Waals surface area contributed by atoms with Crippen molar-refractivity contribution in [2.45, 2.75) is 58.1 Å². The first-order valence-electron chi connectivity index (χ1n) is 6.61. The quantitative estimate of drug-likeness (QED) is 0.491. The highest BCUT2D eigenvalue weighted by atomic mass is 16.6. The van der Waals surface area contributed by atoms with Gasteiger partial charge in [0.1, 0.15) is 5.60 Å². The maximum atomic E-state index is 12.0. The molecule has 1 aliphatic heterocycles. The van der Waals surface area contributed by atoms with Crippen molar-refractivity contribution in [3.05, 3.63) is 12.2 Å². The third-order valence-corrected chi connectivity index (χ3v) is 3.38. The van der Waals surface area contributed by atoms with Crippen molar-refractivity contribution in [1.82, 2.24) is 4.90 Å². The van der Waals surface area contributed by atoms with Gasteiger partial charge >= 0.3 is 6.09 Å². The molecule has 2 amide bonds. The summed E-state index contributed by atoms with van der Waals surface area (Å²) in [5.74, 6) is -0.0491. The van der Waals surface area contributed by atoms with Crippen LogP contribution < -0.4 is 0 Å². The van der Waals surface area contributed by atoms with Crippen LogP contribution in [0.3, 0.4) is 0 Å². The maximum absolute atomic E-state index is 12.0. The molecular weight excluding hydrogens is 230 g/mol.